The van der Waals surface area contributed by atoms with Crippen LogP contribution in [0.3, 0.4) is 0 Å². The number of hydrogen-bond acceptors (Lipinski definition) is 3. The van der Waals surface area contributed by atoms with E-state index in [0.717, 1.165) is 36.2 Å². The molecule has 1 heterocycles. The van der Waals surface area contributed by atoms with Crippen LogP contribution >= 0.6 is 40.1 Å². The highest BCUT2D eigenvalue weighted by atomic mass is 79.9. The van der Waals surface area contributed by atoms with Crippen molar-refractivity contribution < 1.29 is 4.79 Å². The van der Waals surface area contributed by atoms with Crippen molar-refractivity contribution >= 4 is 46.0 Å². The lowest BCUT2D eigenvalue weighted by Gasteiger charge is -2.30. The second-order valence-electron chi connectivity index (χ2n) is 5.55. The van der Waals surface area contributed by atoms with Gasteiger partial charge in [-0.2, -0.15) is 0 Å². The molecule has 2 atom stereocenters. The quantitative estimate of drug-likeness (QED) is 0.556. The minimum absolute atomic E-state index is 0. The van der Waals surface area contributed by atoms with Crippen molar-refractivity contribution in [3.63, 3.8) is 0 Å². The first-order chi connectivity index (χ1) is 10.1. The molecule has 0 bridgehead atoms. The minimum atomic E-state index is 0. The van der Waals surface area contributed by atoms with E-state index >= 15 is 0 Å². The average Bonchev–Trinajstić information content (AvgIpc) is 2.48. The van der Waals surface area contributed by atoms with Gasteiger partial charge in [-0.15, -0.1) is 24.2 Å². The Labute approximate surface area is 151 Å². The van der Waals surface area contributed by atoms with E-state index in [-0.39, 0.29) is 18.3 Å². The zero-order chi connectivity index (χ0) is 15.1. The third-order valence-corrected chi connectivity index (χ3v) is 5.39. The molecule has 2 N–H and O–H groups in total. The van der Waals surface area contributed by atoms with Crippen LogP contribution < -0.4 is 10.6 Å². The molecule has 1 saturated heterocycles. The lowest BCUT2D eigenvalue weighted by molar-refractivity contribution is -0.122. The summed E-state index contributed by atoms with van der Waals surface area (Å²) >= 11 is 5.24. The molecule has 1 aliphatic heterocycles. The van der Waals surface area contributed by atoms with Gasteiger partial charge in [-0.25, -0.2) is 0 Å². The molecule has 0 aliphatic carbocycles. The van der Waals surface area contributed by atoms with Crippen LogP contribution in [0.15, 0.2) is 33.6 Å². The van der Waals surface area contributed by atoms with Crippen LogP contribution in [0.2, 0.25) is 0 Å². The molecule has 2 unspecified atom stereocenters. The first-order valence-corrected chi connectivity index (χ1v) is 9.31. The fraction of sp³-hybridized carbons (Fsp3) is 0.562. The molecule has 0 radical (unpaired) electrons. The third-order valence-electron chi connectivity index (χ3n) is 3.76. The van der Waals surface area contributed by atoms with E-state index in [1.165, 1.54) is 4.90 Å². The molecule has 0 aromatic heterocycles. The Morgan fingerprint density at radius 3 is 2.82 bits per heavy atom. The second-order valence-corrected chi connectivity index (χ2v) is 7.63. The Hall–Kier alpha value is -0.230. The van der Waals surface area contributed by atoms with E-state index in [0.29, 0.717) is 18.4 Å². The maximum atomic E-state index is 12.0. The standard InChI is InChI=1S/C16H23BrN2OS.ClH/c1-12-11-18-9-8-15(12)19-16(20)3-2-10-21-14-6-4-13(17)5-7-14;/h4-7,12,15,18H,2-3,8-11H2,1H3,(H,19,20);1H. The highest BCUT2D eigenvalue weighted by Crippen LogP contribution is 2.21. The first-order valence-electron chi connectivity index (χ1n) is 7.53. The normalized spacial score (nSPS) is 21.0. The predicted octanol–water partition coefficient (Wildman–Crippen LogP) is 3.86. The summed E-state index contributed by atoms with van der Waals surface area (Å²) < 4.78 is 1.10. The molecule has 0 saturated carbocycles. The number of carbonyl (C=O) groups is 1. The molecule has 0 spiro atoms. The van der Waals surface area contributed by atoms with E-state index in [2.05, 4.69) is 45.6 Å². The number of thioether (sulfide) groups is 1. The number of nitrogens with one attached hydrogen (secondary N) is 2. The Morgan fingerprint density at radius 1 is 1.41 bits per heavy atom. The van der Waals surface area contributed by atoms with Gasteiger partial charge in [0.05, 0.1) is 0 Å². The van der Waals surface area contributed by atoms with Crippen LogP contribution in [-0.2, 0) is 4.79 Å². The summed E-state index contributed by atoms with van der Waals surface area (Å²) in [6.07, 6.45) is 2.59. The van der Waals surface area contributed by atoms with Crippen LogP contribution in [0.5, 0.6) is 0 Å². The number of amides is 1. The van der Waals surface area contributed by atoms with E-state index < -0.39 is 0 Å². The lowest BCUT2D eigenvalue weighted by atomic mass is 9.95. The lowest BCUT2D eigenvalue weighted by Crippen LogP contribution is -2.48. The maximum Gasteiger partial charge on any atom is 0.220 e. The Kier molecular flexibility index (Phi) is 9.48. The van der Waals surface area contributed by atoms with Gasteiger partial charge in [0.15, 0.2) is 0 Å². The number of rotatable bonds is 6. The predicted molar refractivity (Wildman–Crippen MR) is 99.9 cm³/mol. The molecular weight excluding hydrogens is 384 g/mol. The molecule has 1 aromatic carbocycles. The first kappa shape index (κ1) is 19.8. The summed E-state index contributed by atoms with van der Waals surface area (Å²) in [4.78, 5) is 13.2. The maximum absolute atomic E-state index is 12.0. The summed E-state index contributed by atoms with van der Waals surface area (Å²) in [5.74, 6) is 1.71. The van der Waals surface area contributed by atoms with Gasteiger partial charge in [-0.05, 0) is 61.9 Å². The van der Waals surface area contributed by atoms with Crippen LogP contribution in [-0.4, -0.2) is 30.8 Å². The molecule has 2 rings (SSSR count). The topological polar surface area (TPSA) is 41.1 Å². The van der Waals surface area contributed by atoms with Crippen molar-refractivity contribution in [2.45, 2.75) is 37.1 Å². The molecule has 1 amide bonds. The number of benzene rings is 1. The van der Waals surface area contributed by atoms with E-state index in [9.17, 15) is 4.79 Å². The van der Waals surface area contributed by atoms with Crippen molar-refractivity contribution in [3.8, 4) is 0 Å². The summed E-state index contributed by atoms with van der Waals surface area (Å²) in [5, 5.41) is 6.53. The highest BCUT2D eigenvalue weighted by molar-refractivity contribution is 9.10. The minimum Gasteiger partial charge on any atom is -0.353 e. The molecule has 6 heteroatoms. The fourth-order valence-electron chi connectivity index (χ4n) is 2.46. The van der Waals surface area contributed by atoms with Gasteiger partial charge in [-0.1, -0.05) is 22.9 Å². The van der Waals surface area contributed by atoms with E-state index in [1.54, 1.807) is 11.8 Å². The van der Waals surface area contributed by atoms with Crippen LogP contribution in [0.4, 0.5) is 0 Å². The van der Waals surface area contributed by atoms with Crippen LogP contribution in [0.1, 0.15) is 26.2 Å². The molecule has 1 aliphatic rings. The molecule has 3 nitrogen and oxygen atoms in total. The Bertz CT molecular complexity index is 458. The summed E-state index contributed by atoms with van der Waals surface area (Å²) in [7, 11) is 0. The SMILES string of the molecule is CC1CNCCC1NC(=O)CCCSc1ccc(Br)cc1.Cl. The summed E-state index contributed by atoms with van der Waals surface area (Å²) in [6.45, 7) is 4.21. The molecular formula is C16H24BrClN2OS. The van der Waals surface area contributed by atoms with Gasteiger partial charge in [0.1, 0.15) is 0 Å². The Balaban J connectivity index is 0.00000242. The monoisotopic (exact) mass is 406 g/mol. The van der Waals surface area contributed by atoms with Gasteiger partial charge < -0.3 is 10.6 Å². The number of piperidine rings is 1. The van der Waals surface area contributed by atoms with Crippen molar-refractivity contribution in [3.05, 3.63) is 28.7 Å². The number of hydrogen-bond donors (Lipinski definition) is 2. The van der Waals surface area contributed by atoms with Crippen molar-refractivity contribution in [2.24, 2.45) is 5.92 Å². The zero-order valence-corrected chi connectivity index (χ0v) is 16.0. The van der Waals surface area contributed by atoms with Crippen molar-refractivity contribution in [2.75, 3.05) is 18.8 Å². The average molecular weight is 408 g/mol. The molecule has 1 aromatic rings. The van der Waals surface area contributed by atoms with Crippen LogP contribution in [0, 0.1) is 5.92 Å². The van der Waals surface area contributed by atoms with Gasteiger partial charge >= 0.3 is 0 Å². The second kappa shape index (κ2) is 10.5. The number of halogens is 2. The smallest absolute Gasteiger partial charge is 0.220 e. The van der Waals surface area contributed by atoms with Gasteiger partial charge in [0.25, 0.3) is 0 Å². The van der Waals surface area contributed by atoms with Gasteiger partial charge in [0, 0.05) is 21.8 Å². The third kappa shape index (κ3) is 6.90. The summed E-state index contributed by atoms with van der Waals surface area (Å²) in [6, 6.07) is 8.65. The van der Waals surface area contributed by atoms with Gasteiger partial charge in [-0.3, -0.25) is 4.79 Å². The molecule has 22 heavy (non-hydrogen) atoms. The zero-order valence-electron chi connectivity index (χ0n) is 12.8. The van der Waals surface area contributed by atoms with Crippen LogP contribution in [0.25, 0.3) is 0 Å². The number of carbonyl (C=O) groups excluding carboxylic acids is 1. The van der Waals surface area contributed by atoms with E-state index in [4.69, 9.17) is 0 Å². The largest absolute Gasteiger partial charge is 0.353 e. The fourth-order valence-corrected chi connectivity index (χ4v) is 3.58. The van der Waals surface area contributed by atoms with Crippen molar-refractivity contribution in [1.82, 2.24) is 10.6 Å². The molecule has 1 fully saturated rings. The highest BCUT2D eigenvalue weighted by Gasteiger charge is 2.22. The molecule has 124 valence electrons. The Morgan fingerprint density at radius 2 is 2.14 bits per heavy atom. The van der Waals surface area contributed by atoms with E-state index in [1.807, 2.05) is 12.1 Å². The van der Waals surface area contributed by atoms with Gasteiger partial charge in [0.2, 0.25) is 5.91 Å². The van der Waals surface area contributed by atoms with Crippen molar-refractivity contribution in [1.29, 1.82) is 0 Å². The summed E-state index contributed by atoms with van der Waals surface area (Å²) in [5.41, 5.74) is 0.